The van der Waals surface area contributed by atoms with Gasteiger partial charge in [-0.25, -0.2) is 9.50 Å². The Bertz CT molecular complexity index is 849. The Morgan fingerprint density at radius 1 is 1.46 bits per heavy atom. The standard InChI is InChI=1S/C17H24N4O3/c1-10-8-20(9-17(4,5)24-10)16(23)6-13-11(2)18-14-7-15(22)19-21(14)12(13)3/h7,10H,6,8-9H2,1-5H3,(H,19,22)/t10-/m0/s1. The molecule has 0 bridgehead atoms. The number of morpholine rings is 1. The zero-order valence-corrected chi connectivity index (χ0v) is 14.8. The van der Waals surface area contributed by atoms with Gasteiger partial charge in [-0.05, 0) is 34.6 Å². The average Bonchev–Trinajstić information content (AvgIpc) is 2.81. The van der Waals surface area contributed by atoms with Crippen molar-refractivity contribution >= 4 is 11.6 Å². The number of amides is 1. The molecule has 2 aromatic heterocycles. The number of ether oxygens (including phenoxy) is 1. The fourth-order valence-corrected chi connectivity index (χ4v) is 3.52. The van der Waals surface area contributed by atoms with Crippen LogP contribution in [0.2, 0.25) is 0 Å². The molecule has 0 spiro atoms. The number of nitrogens with one attached hydrogen (secondary N) is 1. The quantitative estimate of drug-likeness (QED) is 0.896. The summed E-state index contributed by atoms with van der Waals surface area (Å²) in [4.78, 5) is 30.6. The van der Waals surface area contributed by atoms with Gasteiger partial charge < -0.3 is 9.64 Å². The SMILES string of the molecule is Cc1nc2cc(=O)[nH]n2c(C)c1CC(=O)N1C[C@H](C)OC(C)(C)C1. The van der Waals surface area contributed by atoms with Crippen LogP contribution in [-0.4, -0.2) is 50.2 Å². The lowest BCUT2D eigenvalue weighted by Gasteiger charge is -2.41. The topological polar surface area (TPSA) is 79.7 Å². The lowest BCUT2D eigenvalue weighted by atomic mass is 10.0. The summed E-state index contributed by atoms with van der Waals surface area (Å²) >= 11 is 0. The van der Waals surface area contributed by atoms with E-state index < -0.39 is 0 Å². The number of hydrogen-bond donors (Lipinski definition) is 1. The van der Waals surface area contributed by atoms with E-state index in [4.69, 9.17) is 4.74 Å². The summed E-state index contributed by atoms with van der Waals surface area (Å²) in [5.74, 6) is 0.0556. The number of aromatic amines is 1. The van der Waals surface area contributed by atoms with Gasteiger partial charge in [0.25, 0.3) is 5.56 Å². The molecule has 0 saturated carbocycles. The third-order valence-electron chi connectivity index (χ3n) is 4.45. The third kappa shape index (κ3) is 3.08. The molecule has 2 aromatic rings. The lowest BCUT2D eigenvalue weighted by Crippen LogP contribution is -2.54. The molecule has 3 heterocycles. The summed E-state index contributed by atoms with van der Waals surface area (Å²) in [5, 5.41) is 2.72. The number of hydrogen-bond acceptors (Lipinski definition) is 4. The monoisotopic (exact) mass is 332 g/mol. The normalized spacial score (nSPS) is 20.5. The third-order valence-corrected chi connectivity index (χ3v) is 4.45. The molecule has 1 aliphatic rings. The van der Waals surface area contributed by atoms with Crippen molar-refractivity contribution in [3.63, 3.8) is 0 Å². The summed E-state index contributed by atoms with van der Waals surface area (Å²) in [6.07, 6.45) is 0.283. The van der Waals surface area contributed by atoms with Crippen LogP contribution in [-0.2, 0) is 16.0 Å². The van der Waals surface area contributed by atoms with Crippen LogP contribution in [0.25, 0.3) is 5.65 Å². The molecule has 1 saturated heterocycles. The van der Waals surface area contributed by atoms with Crippen molar-refractivity contribution in [2.75, 3.05) is 13.1 Å². The Kier molecular flexibility index (Phi) is 3.99. The number of carbonyl (C=O) groups excluding carboxylic acids is 1. The minimum absolute atomic E-state index is 0.0151. The van der Waals surface area contributed by atoms with E-state index in [0.717, 1.165) is 17.0 Å². The molecule has 0 unspecified atom stereocenters. The number of aromatic nitrogens is 3. The van der Waals surface area contributed by atoms with E-state index in [1.165, 1.54) is 6.07 Å². The highest BCUT2D eigenvalue weighted by atomic mass is 16.5. The Morgan fingerprint density at radius 3 is 2.83 bits per heavy atom. The highest BCUT2D eigenvalue weighted by molar-refractivity contribution is 5.79. The minimum Gasteiger partial charge on any atom is -0.369 e. The molecule has 130 valence electrons. The van der Waals surface area contributed by atoms with Crippen LogP contribution in [0.4, 0.5) is 0 Å². The molecule has 0 aromatic carbocycles. The summed E-state index contributed by atoms with van der Waals surface area (Å²) < 4.78 is 7.50. The van der Waals surface area contributed by atoms with Crippen molar-refractivity contribution in [3.8, 4) is 0 Å². The molecular weight excluding hydrogens is 308 g/mol. The first-order valence-corrected chi connectivity index (χ1v) is 8.20. The largest absolute Gasteiger partial charge is 0.369 e. The smallest absolute Gasteiger partial charge is 0.266 e. The zero-order valence-electron chi connectivity index (χ0n) is 14.8. The molecule has 0 aliphatic carbocycles. The van der Waals surface area contributed by atoms with Gasteiger partial charge in [0.1, 0.15) is 0 Å². The van der Waals surface area contributed by atoms with Gasteiger partial charge in [-0.2, -0.15) is 0 Å². The maximum Gasteiger partial charge on any atom is 0.266 e. The van der Waals surface area contributed by atoms with Crippen LogP contribution in [0.3, 0.4) is 0 Å². The van der Waals surface area contributed by atoms with Gasteiger partial charge in [0.05, 0.1) is 18.1 Å². The maximum absolute atomic E-state index is 12.8. The first kappa shape index (κ1) is 16.7. The van der Waals surface area contributed by atoms with E-state index in [-0.39, 0.29) is 29.6 Å². The van der Waals surface area contributed by atoms with Gasteiger partial charge in [-0.15, -0.1) is 0 Å². The predicted molar refractivity (Wildman–Crippen MR) is 90.2 cm³/mol. The molecule has 7 nitrogen and oxygen atoms in total. The Balaban J connectivity index is 1.89. The number of carbonyl (C=O) groups is 1. The molecule has 1 N–H and O–H groups in total. The highest BCUT2D eigenvalue weighted by Gasteiger charge is 2.33. The first-order chi connectivity index (χ1) is 11.2. The minimum atomic E-state index is -0.342. The highest BCUT2D eigenvalue weighted by Crippen LogP contribution is 2.22. The number of nitrogens with zero attached hydrogens (tertiary/aromatic N) is 3. The van der Waals surface area contributed by atoms with Crippen molar-refractivity contribution in [2.24, 2.45) is 0 Å². The van der Waals surface area contributed by atoms with Crippen molar-refractivity contribution in [3.05, 3.63) is 33.4 Å². The molecule has 1 amide bonds. The molecule has 0 radical (unpaired) electrons. The van der Waals surface area contributed by atoms with Crippen LogP contribution in [0.5, 0.6) is 0 Å². The van der Waals surface area contributed by atoms with Gasteiger partial charge in [-0.3, -0.25) is 14.7 Å². The fourth-order valence-electron chi connectivity index (χ4n) is 3.52. The average molecular weight is 332 g/mol. The van der Waals surface area contributed by atoms with Crippen LogP contribution >= 0.6 is 0 Å². The van der Waals surface area contributed by atoms with Gasteiger partial charge in [0.15, 0.2) is 5.65 Å². The van der Waals surface area contributed by atoms with Crippen molar-refractivity contribution in [2.45, 2.75) is 52.7 Å². The second kappa shape index (κ2) is 5.73. The van der Waals surface area contributed by atoms with Crippen LogP contribution in [0.15, 0.2) is 10.9 Å². The van der Waals surface area contributed by atoms with Gasteiger partial charge in [0.2, 0.25) is 5.91 Å². The Labute approximate surface area is 140 Å². The lowest BCUT2D eigenvalue weighted by molar-refractivity contribution is -0.157. The number of H-pyrrole nitrogens is 1. The molecule has 7 heteroatoms. The molecular formula is C17H24N4O3. The van der Waals surface area contributed by atoms with E-state index in [0.29, 0.717) is 18.7 Å². The second-order valence-electron chi connectivity index (χ2n) is 7.21. The van der Waals surface area contributed by atoms with Crippen molar-refractivity contribution in [1.29, 1.82) is 0 Å². The molecule has 3 rings (SSSR count). The molecule has 24 heavy (non-hydrogen) atoms. The van der Waals surface area contributed by atoms with Crippen LogP contribution < -0.4 is 5.56 Å². The Hall–Kier alpha value is -2.15. The Morgan fingerprint density at radius 2 is 2.17 bits per heavy atom. The maximum atomic E-state index is 12.8. The number of aryl methyl sites for hydroxylation is 2. The van der Waals surface area contributed by atoms with Gasteiger partial charge in [-0.1, -0.05) is 0 Å². The van der Waals surface area contributed by atoms with E-state index in [9.17, 15) is 9.59 Å². The van der Waals surface area contributed by atoms with Gasteiger partial charge >= 0.3 is 0 Å². The van der Waals surface area contributed by atoms with Gasteiger partial charge in [0, 0.05) is 36.1 Å². The van der Waals surface area contributed by atoms with E-state index >= 15 is 0 Å². The van der Waals surface area contributed by atoms with Crippen LogP contribution in [0, 0.1) is 13.8 Å². The van der Waals surface area contributed by atoms with E-state index in [1.54, 1.807) is 4.52 Å². The summed E-state index contributed by atoms with van der Waals surface area (Å²) in [6.45, 7) is 10.9. The number of rotatable bonds is 2. The molecule has 1 fully saturated rings. The summed E-state index contributed by atoms with van der Waals surface area (Å²) in [7, 11) is 0. The summed E-state index contributed by atoms with van der Waals surface area (Å²) in [6, 6.07) is 1.46. The van der Waals surface area contributed by atoms with Crippen molar-refractivity contribution < 1.29 is 9.53 Å². The summed E-state index contributed by atoms with van der Waals surface area (Å²) in [5.41, 5.74) is 2.51. The predicted octanol–water partition coefficient (Wildman–Crippen LogP) is 1.21. The molecule has 1 atom stereocenters. The first-order valence-electron chi connectivity index (χ1n) is 8.20. The fraction of sp³-hybridized carbons (Fsp3) is 0.588. The second-order valence-corrected chi connectivity index (χ2v) is 7.21. The van der Waals surface area contributed by atoms with Crippen molar-refractivity contribution in [1.82, 2.24) is 19.5 Å². The molecule has 1 aliphatic heterocycles. The van der Waals surface area contributed by atoms with E-state index in [1.807, 2.05) is 39.5 Å². The van der Waals surface area contributed by atoms with E-state index in [2.05, 4.69) is 10.1 Å². The van der Waals surface area contributed by atoms with Crippen LogP contribution in [0.1, 0.15) is 37.7 Å². The zero-order chi connectivity index (χ0) is 17.6. The number of fused-ring (bicyclic) bond motifs is 1.